The topological polar surface area (TPSA) is 23.8 Å². The van der Waals surface area contributed by atoms with E-state index in [0.29, 0.717) is 6.42 Å². The van der Waals surface area contributed by atoms with Crippen molar-refractivity contribution in [3.05, 3.63) is 121 Å². The van der Waals surface area contributed by atoms with Gasteiger partial charge in [0.05, 0.1) is 6.07 Å². The zero-order valence-corrected chi connectivity index (χ0v) is 22.8. The van der Waals surface area contributed by atoms with E-state index in [1.54, 1.807) is 0 Å². The van der Waals surface area contributed by atoms with Crippen LogP contribution in [0.2, 0.25) is 0 Å². The minimum Gasteiger partial charge on any atom is -0.198 e. The van der Waals surface area contributed by atoms with Gasteiger partial charge in [0, 0.05) is 6.42 Å². The number of nitriles is 1. The Bertz CT molecular complexity index is 996. The summed E-state index contributed by atoms with van der Waals surface area (Å²) in [7, 11) is -0.930. The van der Waals surface area contributed by atoms with Gasteiger partial charge in [-0.05, 0) is 67.9 Å². The summed E-state index contributed by atoms with van der Waals surface area (Å²) in [5, 5.41) is 15.2. The first kappa shape index (κ1) is 25.7. The molecule has 176 valence electrons. The third kappa shape index (κ3) is 7.83. The fourth-order valence-corrected chi connectivity index (χ4v) is 13.0. The molecule has 0 spiro atoms. The van der Waals surface area contributed by atoms with Gasteiger partial charge >= 0.3 is 0 Å². The van der Waals surface area contributed by atoms with Gasteiger partial charge in [-0.2, -0.15) is 5.26 Å². The van der Waals surface area contributed by atoms with Crippen LogP contribution in [-0.2, 0) is 0 Å². The summed E-state index contributed by atoms with van der Waals surface area (Å²) in [5.41, 5.74) is 0. The molecule has 35 heavy (non-hydrogen) atoms. The molecule has 0 bridgehead atoms. The molecule has 0 saturated carbocycles. The van der Waals surface area contributed by atoms with Crippen LogP contribution in [0.15, 0.2) is 121 Å². The monoisotopic (exact) mass is 511 g/mol. The molecule has 0 aliphatic heterocycles. The Hall–Kier alpha value is -2.34. The van der Waals surface area contributed by atoms with Gasteiger partial charge in [-0.3, -0.25) is 0 Å². The number of hydrogen-bond acceptors (Lipinski definition) is 1. The second-order valence-corrected chi connectivity index (χ2v) is 15.8. The Balaban J connectivity index is 1.49. The van der Waals surface area contributed by atoms with E-state index < -0.39 is 0 Å². The molecule has 0 N–H and O–H groups in total. The normalized spacial score (nSPS) is 11.1. The smallest absolute Gasteiger partial charge is 0.0625 e. The second kappa shape index (κ2) is 14.3. The minimum atomic E-state index is -0.373. The van der Waals surface area contributed by atoms with Crippen LogP contribution in [0.4, 0.5) is 0 Å². The number of rotatable bonds is 12. The van der Waals surface area contributed by atoms with E-state index in [4.69, 9.17) is 0 Å². The van der Waals surface area contributed by atoms with Crippen LogP contribution in [0.25, 0.3) is 0 Å². The van der Waals surface area contributed by atoms with Gasteiger partial charge in [0.25, 0.3) is 0 Å². The molecular weight excluding hydrogens is 479 g/mol. The molecule has 4 aromatic carbocycles. The van der Waals surface area contributed by atoms with Gasteiger partial charge in [-0.25, -0.2) is 0 Å². The first-order valence-corrected chi connectivity index (χ1v) is 17.1. The summed E-state index contributed by atoms with van der Waals surface area (Å²) < 4.78 is 0. The zero-order valence-electron chi connectivity index (χ0n) is 20.1. The average molecular weight is 512 g/mol. The standard InChI is InChI=1S/C31H32NP3/c32-22-13-23-33(24-26-34(28-14-5-1-6-15-28)29-16-7-2-8-17-29)25-27-35(30-18-9-3-10-19-30)31-20-11-4-12-21-31/h1-12,14-21H,13,23-27H2. The Morgan fingerprint density at radius 2 is 0.743 bits per heavy atom. The molecule has 0 amide bonds. The van der Waals surface area contributed by atoms with Gasteiger partial charge in [-0.15, -0.1) is 7.92 Å². The van der Waals surface area contributed by atoms with Gasteiger partial charge in [0.15, 0.2) is 0 Å². The van der Waals surface area contributed by atoms with Crippen molar-refractivity contribution in [1.29, 1.82) is 5.26 Å². The molecule has 0 aliphatic rings. The number of nitrogens with zero attached hydrogens (tertiary/aromatic N) is 1. The van der Waals surface area contributed by atoms with E-state index >= 15 is 0 Å². The summed E-state index contributed by atoms with van der Waals surface area (Å²) in [6, 6.07) is 46.5. The number of hydrogen-bond donors (Lipinski definition) is 0. The minimum absolute atomic E-state index is 0.183. The fraction of sp³-hybridized carbons (Fsp3) is 0.194. The molecule has 0 fully saturated rings. The van der Waals surface area contributed by atoms with Crippen molar-refractivity contribution in [2.45, 2.75) is 6.42 Å². The van der Waals surface area contributed by atoms with Crippen molar-refractivity contribution in [2.24, 2.45) is 0 Å². The maximum atomic E-state index is 9.35. The first-order chi connectivity index (χ1) is 17.3. The zero-order chi connectivity index (χ0) is 24.1. The van der Waals surface area contributed by atoms with E-state index in [9.17, 15) is 5.26 Å². The molecule has 0 aliphatic carbocycles. The van der Waals surface area contributed by atoms with Crippen molar-refractivity contribution in [2.75, 3.05) is 30.8 Å². The molecule has 0 radical (unpaired) electrons. The molecule has 4 aromatic rings. The summed E-state index contributed by atoms with van der Waals surface area (Å²) in [6.07, 6.45) is 6.61. The average Bonchev–Trinajstić information content (AvgIpc) is 2.94. The molecule has 0 heterocycles. The molecule has 1 nitrogen and oxygen atoms in total. The first-order valence-electron chi connectivity index (χ1n) is 12.2. The van der Waals surface area contributed by atoms with Crippen LogP contribution in [-0.4, -0.2) is 30.8 Å². The Labute approximate surface area is 214 Å². The highest BCUT2D eigenvalue weighted by molar-refractivity contribution is 7.75. The summed E-state index contributed by atoms with van der Waals surface area (Å²) >= 11 is 0. The Morgan fingerprint density at radius 1 is 0.429 bits per heavy atom. The van der Waals surface area contributed by atoms with E-state index in [2.05, 4.69) is 127 Å². The van der Waals surface area contributed by atoms with E-state index in [-0.39, 0.29) is 23.8 Å². The van der Waals surface area contributed by atoms with Gasteiger partial charge in [0.1, 0.15) is 0 Å². The van der Waals surface area contributed by atoms with Gasteiger partial charge < -0.3 is 0 Å². The second-order valence-electron chi connectivity index (χ2n) is 8.40. The van der Waals surface area contributed by atoms with Crippen LogP contribution in [0, 0.1) is 11.3 Å². The van der Waals surface area contributed by atoms with E-state index in [1.807, 2.05) is 0 Å². The lowest BCUT2D eigenvalue weighted by atomic mass is 10.4. The predicted molar refractivity (Wildman–Crippen MR) is 160 cm³/mol. The molecule has 0 aromatic heterocycles. The van der Waals surface area contributed by atoms with E-state index in [0.717, 1.165) is 6.16 Å². The summed E-state index contributed by atoms with van der Waals surface area (Å²) in [6.45, 7) is 0. The molecule has 4 heteroatoms. The van der Waals surface area contributed by atoms with Crippen molar-refractivity contribution in [3.63, 3.8) is 0 Å². The van der Waals surface area contributed by atoms with Gasteiger partial charge in [0.2, 0.25) is 0 Å². The molecule has 0 saturated heterocycles. The Morgan fingerprint density at radius 3 is 1.03 bits per heavy atom. The maximum Gasteiger partial charge on any atom is 0.0625 e. The summed E-state index contributed by atoms with van der Waals surface area (Å²) in [4.78, 5) is 0. The lowest BCUT2D eigenvalue weighted by Crippen LogP contribution is -2.17. The van der Waals surface area contributed by atoms with Crippen molar-refractivity contribution >= 4 is 45.0 Å². The van der Waals surface area contributed by atoms with E-state index in [1.165, 1.54) is 45.9 Å². The van der Waals surface area contributed by atoms with Crippen LogP contribution in [0.5, 0.6) is 0 Å². The quantitative estimate of drug-likeness (QED) is 0.196. The SMILES string of the molecule is N#CCCP(CCP(c1ccccc1)c1ccccc1)CCP(c1ccccc1)c1ccccc1. The molecule has 4 rings (SSSR count). The predicted octanol–water partition coefficient (Wildman–Crippen LogP) is 6.65. The molecule has 0 atom stereocenters. The Kier molecular flexibility index (Phi) is 10.5. The third-order valence-electron chi connectivity index (χ3n) is 6.09. The van der Waals surface area contributed by atoms with Gasteiger partial charge in [-0.1, -0.05) is 121 Å². The fourth-order valence-electron chi connectivity index (χ4n) is 4.27. The highest BCUT2D eigenvalue weighted by Gasteiger charge is 2.19. The highest BCUT2D eigenvalue weighted by Crippen LogP contribution is 2.45. The largest absolute Gasteiger partial charge is 0.198 e. The van der Waals surface area contributed by atoms with Crippen molar-refractivity contribution < 1.29 is 0 Å². The number of benzene rings is 4. The van der Waals surface area contributed by atoms with Crippen molar-refractivity contribution in [1.82, 2.24) is 0 Å². The van der Waals surface area contributed by atoms with Crippen LogP contribution in [0.3, 0.4) is 0 Å². The third-order valence-corrected chi connectivity index (χ3v) is 14.4. The van der Waals surface area contributed by atoms with Crippen molar-refractivity contribution in [3.8, 4) is 6.07 Å². The lowest BCUT2D eigenvalue weighted by Gasteiger charge is -2.25. The van der Waals surface area contributed by atoms with Crippen LogP contribution in [0.1, 0.15) is 6.42 Å². The highest BCUT2D eigenvalue weighted by atomic mass is 31.1. The molecular formula is C31H32NP3. The lowest BCUT2D eigenvalue weighted by molar-refractivity contribution is 1.21. The maximum absolute atomic E-state index is 9.35. The van der Waals surface area contributed by atoms with Crippen LogP contribution < -0.4 is 21.2 Å². The summed E-state index contributed by atoms with van der Waals surface area (Å²) in [5.74, 6) is 0. The molecule has 0 unspecified atom stereocenters. The van der Waals surface area contributed by atoms with Crippen LogP contribution >= 0.6 is 23.8 Å².